The molecule has 1 heterocycles. The topological polar surface area (TPSA) is 55.9 Å². The van der Waals surface area contributed by atoms with Gasteiger partial charge in [0.2, 0.25) is 0 Å². The molecule has 3 atom stereocenters. The lowest BCUT2D eigenvalue weighted by atomic mass is 10.1. The Morgan fingerprint density at radius 3 is 2.80 bits per heavy atom. The van der Waals surface area contributed by atoms with Crippen LogP contribution in [0.5, 0.6) is 0 Å². The number of nitrogens with one attached hydrogen (secondary N) is 1. The van der Waals surface area contributed by atoms with Crippen LogP contribution in [0.4, 0.5) is 0 Å². The van der Waals surface area contributed by atoms with Crippen LogP contribution in [0.15, 0.2) is 30.3 Å². The van der Waals surface area contributed by atoms with Crippen molar-refractivity contribution in [1.29, 1.82) is 0 Å². The van der Waals surface area contributed by atoms with Gasteiger partial charge in [0.25, 0.3) is 0 Å². The van der Waals surface area contributed by atoms with Gasteiger partial charge in [-0.05, 0) is 37.5 Å². The molecule has 20 heavy (non-hydrogen) atoms. The Hall–Kier alpha value is -1.65. The third kappa shape index (κ3) is 2.25. The van der Waals surface area contributed by atoms with E-state index in [9.17, 15) is 0 Å². The Labute approximate surface area is 120 Å². The predicted octanol–water partition coefficient (Wildman–Crippen LogP) is 2.00. The van der Waals surface area contributed by atoms with E-state index in [1.807, 2.05) is 18.7 Å². The fourth-order valence-electron chi connectivity index (χ4n) is 3.23. The van der Waals surface area contributed by atoms with Crippen LogP contribution >= 0.6 is 0 Å². The fourth-order valence-corrected chi connectivity index (χ4v) is 3.23. The van der Waals surface area contributed by atoms with Gasteiger partial charge in [0.05, 0.1) is 11.4 Å². The van der Waals surface area contributed by atoms with Crippen molar-refractivity contribution in [3.05, 3.63) is 52.8 Å². The zero-order valence-electron chi connectivity index (χ0n) is 12.3. The van der Waals surface area contributed by atoms with Gasteiger partial charge in [-0.2, -0.15) is 5.10 Å². The molecule has 4 nitrogen and oxygen atoms in total. The van der Waals surface area contributed by atoms with Crippen molar-refractivity contribution in [3.63, 3.8) is 0 Å². The van der Waals surface area contributed by atoms with Gasteiger partial charge < -0.3 is 11.1 Å². The summed E-state index contributed by atoms with van der Waals surface area (Å²) in [6, 6.07) is 11.2. The summed E-state index contributed by atoms with van der Waals surface area (Å²) in [5.74, 6) is 0. The van der Waals surface area contributed by atoms with Crippen molar-refractivity contribution in [2.24, 2.45) is 12.8 Å². The van der Waals surface area contributed by atoms with Gasteiger partial charge in [-0.15, -0.1) is 0 Å². The molecule has 0 saturated carbocycles. The van der Waals surface area contributed by atoms with E-state index in [2.05, 4.69) is 47.7 Å². The first-order chi connectivity index (χ1) is 9.56. The van der Waals surface area contributed by atoms with Crippen LogP contribution in [0.1, 0.15) is 41.5 Å². The number of nitrogens with zero attached hydrogens (tertiary/aromatic N) is 2. The van der Waals surface area contributed by atoms with Crippen molar-refractivity contribution in [1.82, 2.24) is 15.1 Å². The van der Waals surface area contributed by atoms with E-state index in [0.29, 0.717) is 0 Å². The van der Waals surface area contributed by atoms with Crippen LogP contribution in [0.2, 0.25) is 0 Å². The molecule has 1 unspecified atom stereocenters. The molecule has 0 saturated heterocycles. The summed E-state index contributed by atoms with van der Waals surface area (Å²) in [5.41, 5.74) is 11.3. The normalized spacial score (nSPS) is 22.8. The highest BCUT2D eigenvalue weighted by molar-refractivity contribution is 5.37. The summed E-state index contributed by atoms with van der Waals surface area (Å²) in [6.45, 7) is 4.19. The van der Waals surface area contributed by atoms with Gasteiger partial charge in [-0.3, -0.25) is 4.68 Å². The summed E-state index contributed by atoms with van der Waals surface area (Å²) in [5, 5.41) is 8.07. The number of aromatic nitrogens is 2. The van der Waals surface area contributed by atoms with E-state index in [1.54, 1.807) is 0 Å². The number of nitrogens with two attached hydrogens (primary N) is 1. The zero-order valence-corrected chi connectivity index (χ0v) is 12.3. The standard InChI is InChI=1S/C16H22N4/c1-10-8-15(20(3)19-10)11(2)18-14-9-12-6-4-5-7-13(12)16(14)17/h4-8,11,14,16,18H,9,17H2,1-3H3/t11?,14-,16-/m1/s1. The van der Waals surface area contributed by atoms with Crippen molar-refractivity contribution in [3.8, 4) is 0 Å². The summed E-state index contributed by atoms with van der Waals surface area (Å²) < 4.78 is 1.95. The lowest BCUT2D eigenvalue weighted by molar-refractivity contribution is 0.405. The lowest BCUT2D eigenvalue weighted by Gasteiger charge is -2.23. The molecule has 3 rings (SSSR count). The van der Waals surface area contributed by atoms with Crippen molar-refractivity contribution >= 4 is 0 Å². The number of hydrogen-bond donors (Lipinski definition) is 2. The van der Waals surface area contributed by atoms with Gasteiger partial charge >= 0.3 is 0 Å². The van der Waals surface area contributed by atoms with Crippen LogP contribution < -0.4 is 11.1 Å². The average molecular weight is 270 g/mol. The molecule has 2 aromatic rings. The molecule has 0 amide bonds. The van der Waals surface area contributed by atoms with Gasteiger partial charge in [-0.25, -0.2) is 0 Å². The van der Waals surface area contributed by atoms with E-state index in [-0.39, 0.29) is 18.1 Å². The molecular formula is C16H22N4. The highest BCUT2D eigenvalue weighted by Gasteiger charge is 2.30. The molecule has 0 spiro atoms. The molecule has 0 aliphatic heterocycles. The number of aryl methyl sites for hydroxylation is 2. The van der Waals surface area contributed by atoms with Gasteiger partial charge in [0, 0.05) is 25.2 Å². The lowest BCUT2D eigenvalue weighted by Crippen LogP contribution is -2.38. The summed E-state index contributed by atoms with van der Waals surface area (Å²) in [7, 11) is 1.99. The quantitative estimate of drug-likeness (QED) is 0.897. The SMILES string of the molecule is Cc1cc(C(C)N[C@@H]2Cc3ccccc3[C@H]2N)n(C)n1. The fraction of sp³-hybridized carbons (Fsp3) is 0.438. The first kappa shape index (κ1) is 13.3. The second-order valence-corrected chi connectivity index (χ2v) is 5.76. The van der Waals surface area contributed by atoms with E-state index >= 15 is 0 Å². The number of fused-ring (bicyclic) bond motifs is 1. The number of rotatable bonds is 3. The largest absolute Gasteiger partial charge is 0.323 e. The summed E-state index contributed by atoms with van der Waals surface area (Å²) in [6.07, 6.45) is 0.999. The minimum Gasteiger partial charge on any atom is -0.323 e. The van der Waals surface area contributed by atoms with Crippen molar-refractivity contribution in [2.75, 3.05) is 0 Å². The maximum Gasteiger partial charge on any atom is 0.0597 e. The van der Waals surface area contributed by atoms with Crippen LogP contribution in [0, 0.1) is 6.92 Å². The van der Waals surface area contributed by atoms with E-state index in [4.69, 9.17) is 5.73 Å². The highest BCUT2D eigenvalue weighted by atomic mass is 15.3. The minimum atomic E-state index is 0.0722. The van der Waals surface area contributed by atoms with Crippen LogP contribution in [0.3, 0.4) is 0 Å². The summed E-state index contributed by atoms with van der Waals surface area (Å²) in [4.78, 5) is 0. The third-order valence-electron chi connectivity index (χ3n) is 4.23. The molecule has 0 bridgehead atoms. The van der Waals surface area contributed by atoms with Gasteiger partial charge in [-0.1, -0.05) is 24.3 Å². The third-order valence-corrected chi connectivity index (χ3v) is 4.23. The maximum atomic E-state index is 6.38. The Morgan fingerprint density at radius 1 is 1.40 bits per heavy atom. The van der Waals surface area contributed by atoms with Crippen molar-refractivity contribution < 1.29 is 0 Å². The van der Waals surface area contributed by atoms with Gasteiger partial charge in [0.15, 0.2) is 0 Å². The second kappa shape index (κ2) is 5.04. The monoisotopic (exact) mass is 270 g/mol. The van der Waals surface area contributed by atoms with Crippen LogP contribution in [0.25, 0.3) is 0 Å². The second-order valence-electron chi connectivity index (χ2n) is 5.76. The van der Waals surface area contributed by atoms with Crippen LogP contribution in [-0.4, -0.2) is 15.8 Å². The summed E-state index contributed by atoms with van der Waals surface area (Å²) >= 11 is 0. The molecule has 1 aromatic heterocycles. The predicted molar refractivity (Wildman–Crippen MR) is 80.4 cm³/mol. The molecular weight excluding hydrogens is 248 g/mol. The number of benzene rings is 1. The first-order valence-electron chi connectivity index (χ1n) is 7.16. The molecule has 4 heteroatoms. The van der Waals surface area contributed by atoms with Crippen LogP contribution in [-0.2, 0) is 13.5 Å². The Morgan fingerprint density at radius 2 is 2.15 bits per heavy atom. The molecule has 1 aliphatic rings. The van der Waals surface area contributed by atoms with E-state index in [1.165, 1.54) is 16.8 Å². The Bertz CT molecular complexity index is 617. The minimum absolute atomic E-state index is 0.0722. The Balaban J connectivity index is 1.75. The van der Waals surface area contributed by atoms with E-state index in [0.717, 1.165) is 12.1 Å². The first-order valence-corrected chi connectivity index (χ1v) is 7.16. The number of hydrogen-bond acceptors (Lipinski definition) is 3. The maximum absolute atomic E-state index is 6.38. The van der Waals surface area contributed by atoms with Crippen molar-refractivity contribution in [2.45, 2.75) is 38.4 Å². The zero-order chi connectivity index (χ0) is 14.3. The molecule has 0 radical (unpaired) electrons. The molecule has 0 fully saturated rings. The molecule has 1 aromatic carbocycles. The highest BCUT2D eigenvalue weighted by Crippen LogP contribution is 2.30. The molecule has 3 N–H and O–H groups in total. The van der Waals surface area contributed by atoms with Gasteiger partial charge in [0.1, 0.15) is 0 Å². The Kier molecular flexibility index (Phi) is 3.36. The smallest absolute Gasteiger partial charge is 0.0597 e. The molecule has 1 aliphatic carbocycles. The average Bonchev–Trinajstić information content (AvgIpc) is 2.91. The molecule has 106 valence electrons. The van der Waals surface area contributed by atoms with E-state index < -0.39 is 0 Å².